The second-order valence-corrected chi connectivity index (χ2v) is 14.8. The summed E-state index contributed by atoms with van der Waals surface area (Å²) in [4.78, 5) is 14.1. The summed E-state index contributed by atoms with van der Waals surface area (Å²) in [7, 11) is -3.17. The molecule has 5 heterocycles. The van der Waals surface area contributed by atoms with Crippen LogP contribution in [0.15, 0.2) is 177 Å². The molecule has 1 saturated carbocycles. The van der Waals surface area contributed by atoms with Crippen LogP contribution in [0.3, 0.4) is 0 Å². The van der Waals surface area contributed by atoms with Crippen LogP contribution in [0.1, 0.15) is 30.4 Å². The minimum Gasteiger partial charge on any atom is -0.355 e. The maximum atomic E-state index is 15.7. The third kappa shape index (κ3) is 4.25. The molecule has 0 spiro atoms. The van der Waals surface area contributed by atoms with Gasteiger partial charge in [0.2, 0.25) is 0 Å². The van der Waals surface area contributed by atoms with Crippen molar-refractivity contribution in [1.82, 2.24) is 4.98 Å². The van der Waals surface area contributed by atoms with Gasteiger partial charge in [0.25, 0.3) is 0 Å². The molecule has 5 aliphatic rings. The Morgan fingerprint density at radius 1 is 0.587 bits per heavy atom. The summed E-state index contributed by atoms with van der Waals surface area (Å²) < 4.78 is 15.7. The van der Waals surface area contributed by atoms with Crippen LogP contribution in [0.4, 0.5) is 0 Å². The summed E-state index contributed by atoms with van der Waals surface area (Å²) in [6.45, 7) is 0. The van der Waals surface area contributed by atoms with Crippen molar-refractivity contribution in [2.24, 2.45) is 9.98 Å². The van der Waals surface area contributed by atoms with Gasteiger partial charge in [-0.05, 0) is 90.1 Å². The summed E-state index contributed by atoms with van der Waals surface area (Å²) in [6, 6.07) is 35.0. The highest BCUT2D eigenvalue weighted by molar-refractivity contribution is 7.80. The van der Waals surface area contributed by atoms with E-state index >= 15 is 4.57 Å². The Morgan fingerprint density at radius 2 is 1.20 bits per heavy atom. The van der Waals surface area contributed by atoms with Gasteiger partial charge in [0.1, 0.15) is 0 Å². The number of aromatic nitrogens is 1. The number of H-pyrrole nitrogens is 1. The maximum absolute atomic E-state index is 15.7. The maximum Gasteiger partial charge on any atom is 0.171 e. The van der Waals surface area contributed by atoms with Crippen LogP contribution < -0.4 is 16.0 Å². The van der Waals surface area contributed by atoms with Crippen molar-refractivity contribution in [2.75, 3.05) is 0 Å². The molecule has 5 heteroatoms. The van der Waals surface area contributed by atoms with Gasteiger partial charge in [-0.15, -0.1) is 0 Å². The Balaban J connectivity index is 1.39. The third-order valence-electron chi connectivity index (χ3n) is 9.38. The normalized spacial score (nSPS) is 21.5. The van der Waals surface area contributed by atoms with E-state index < -0.39 is 7.14 Å². The largest absolute Gasteiger partial charge is 0.355 e. The van der Waals surface area contributed by atoms with E-state index in [2.05, 4.69) is 102 Å². The number of allylic oxidation sites excluding steroid dienone is 10. The summed E-state index contributed by atoms with van der Waals surface area (Å²) in [6.07, 6.45) is 15.5. The Hall–Kier alpha value is -5.31. The zero-order chi connectivity index (χ0) is 30.7. The number of aromatic amines is 1. The monoisotopic (exact) mass is 611 g/mol. The van der Waals surface area contributed by atoms with Crippen molar-refractivity contribution in [3.05, 3.63) is 189 Å². The fourth-order valence-electron chi connectivity index (χ4n) is 7.34. The molecule has 4 aromatic rings. The summed E-state index contributed by atoms with van der Waals surface area (Å²) >= 11 is 0. The first-order chi connectivity index (χ1) is 22.7. The predicted octanol–water partition coefficient (Wildman–Crippen LogP) is 7.72. The van der Waals surface area contributed by atoms with Crippen molar-refractivity contribution in [2.45, 2.75) is 19.3 Å². The van der Waals surface area contributed by atoms with E-state index in [1.807, 2.05) is 42.5 Å². The fourth-order valence-corrected chi connectivity index (χ4v) is 10.6. The van der Waals surface area contributed by atoms with E-state index in [0.29, 0.717) is 0 Å². The van der Waals surface area contributed by atoms with Gasteiger partial charge in [-0.3, -0.25) is 0 Å². The average molecular weight is 612 g/mol. The molecule has 1 aliphatic carbocycles. The van der Waals surface area contributed by atoms with Crippen molar-refractivity contribution in [1.29, 1.82) is 0 Å². The van der Waals surface area contributed by atoms with Crippen LogP contribution in [0.5, 0.6) is 0 Å². The lowest BCUT2D eigenvalue weighted by molar-refractivity contribution is 0.590. The first-order valence-electron chi connectivity index (χ1n) is 15.8. The second kappa shape index (κ2) is 10.7. The first kappa shape index (κ1) is 27.0. The van der Waals surface area contributed by atoms with Crippen LogP contribution in [0, 0.1) is 0 Å². The number of nitrogens with one attached hydrogen (secondary N) is 1. The number of nitrogens with zero attached hydrogens (tertiary/aromatic N) is 2. The highest BCUT2D eigenvalue weighted by Crippen LogP contribution is 2.70. The van der Waals surface area contributed by atoms with E-state index in [0.717, 1.165) is 91.0 Å². The zero-order valence-corrected chi connectivity index (χ0v) is 26.0. The van der Waals surface area contributed by atoms with Gasteiger partial charge in [-0.25, -0.2) is 9.98 Å². The minimum absolute atomic E-state index is 0.812. The number of hydrogen-bond acceptors (Lipinski definition) is 3. The lowest BCUT2D eigenvalue weighted by Crippen LogP contribution is -2.18. The molecule has 1 unspecified atom stereocenters. The molecule has 46 heavy (non-hydrogen) atoms. The summed E-state index contributed by atoms with van der Waals surface area (Å²) in [5.41, 5.74) is 9.99. The predicted molar refractivity (Wildman–Crippen MR) is 190 cm³/mol. The quantitative estimate of drug-likeness (QED) is 0.237. The molecule has 220 valence electrons. The number of aliphatic imine (C=N–C) groups is 2. The van der Waals surface area contributed by atoms with Gasteiger partial charge < -0.3 is 9.55 Å². The van der Waals surface area contributed by atoms with Gasteiger partial charge in [-0.2, -0.15) is 0 Å². The molecule has 1 N–H and O–H groups in total. The zero-order valence-electron chi connectivity index (χ0n) is 25.2. The van der Waals surface area contributed by atoms with Crippen molar-refractivity contribution < 1.29 is 4.57 Å². The van der Waals surface area contributed by atoms with E-state index in [9.17, 15) is 0 Å². The third-order valence-corrected chi connectivity index (χ3v) is 12.6. The molecule has 1 atom stereocenters. The number of fused-ring (bicyclic) bond motifs is 7. The Bertz CT molecular complexity index is 2380. The van der Waals surface area contributed by atoms with Gasteiger partial charge >= 0.3 is 0 Å². The highest BCUT2D eigenvalue weighted by atomic mass is 31.2. The van der Waals surface area contributed by atoms with Crippen LogP contribution in [0.25, 0.3) is 17.2 Å². The fraction of sp³-hybridized carbons (Fsp3) is 0.0732. The topological polar surface area (TPSA) is 57.6 Å². The van der Waals surface area contributed by atoms with E-state index in [1.165, 1.54) is 11.1 Å². The van der Waals surface area contributed by atoms with E-state index in [1.54, 1.807) is 0 Å². The second-order valence-electron chi connectivity index (χ2n) is 12.1. The molecule has 4 nitrogen and oxygen atoms in total. The Labute approximate surface area is 267 Å². The van der Waals surface area contributed by atoms with Gasteiger partial charge in [0, 0.05) is 37.8 Å². The molecule has 3 aromatic carbocycles. The SMILES string of the molecule is O=P1(c2ccccc2)C2=C3CCCC3=C1C=c1ccc([nH]1)=C(c1ccccc1)C1=NC(=C(c3ccccc3)C3=NC(=C2)C=C3)C=C1. The molecular weight excluding hydrogens is 581 g/mol. The molecule has 4 aliphatic heterocycles. The summed E-state index contributed by atoms with van der Waals surface area (Å²) in [5, 5.41) is 4.62. The average Bonchev–Trinajstić information content (AvgIpc) is 3.94. The van der Waals surface area contributed by atoms with E-state index in [4.69, 9.17) is 9.98 Å². The van der Waals surface area contributed by atoms with E-state index in [-0.39, 0.29) is 0 Å². The van der Waals surface area contributed by atoms with Crippen molar-refractivity contribution >= 4 is 41.1 Å². The molecule has 1 aromatic heterocycles. The molecule has 0 saturated heterocycles. The summed E-state index contributed by atoms with van der Waals surface area (Å²) in [5.74, 6) is 0. The van der Waals surface area contributed by atoms with Gasteiger partial charge in [-0.1, -0.05) is 91.0 Å². The molecule has 9 rings (SSSR count). The lowest BCUT2D eigenvalue weighted by atomic mass is 9.99. The molecule has 8 bridgehead atoms. The van der Waals surface area contributed by atoms with Crippen molar-refractivity contribution in [3.8, 4) is 0 Å². The lowest BCUT2D eigenvalue weighted by Gasteiger charge is -2.19. The molecular formula is C41H30N3OP. The van der Waals surface area contributed by atoms with Gasteiger partial charge in [0.15, 0.2) is 7.14 Å². The number of hydrogen-bond donors (Lipinski definition) is 1. The molecule has 0 radical (unpaired) electrons. The highest BCUT2D eigenvalue weighted by Gasteiger charge is 2.43. The smallest absolute Gasteiger partial charge is 0.171 e. The van der Waals surface area contributed by atoms with Crippen LogP contribution >= 0.6 is 7.14 Å². The minimum atomic E-state index is -3.17. The first-order valence-corrected chi connectivity index (χ1v) is 17.5. The number of rotatable bonds is 3. The van der Waals surface area contributed by atoms with Crippen molar-refractivity contribution in [3.63, 3.8) is 0 Å². The standard InChI is InChI=1S/C41H30N3OP/c45-46(31-15-8-3-9-16-31)38-25-29-19-21-34(42-29)40(27-11-4-1-5-12-27)36-23-24-37(44-36)41(28-13-6-2-7-14-28)35-22-20-30(43-35)26-39(46)33-18-10-17-32(33)38/h1-9,11-16,19-26,42H,10,17-18H2. The Kier molecular flexibility index (Phi) is 6.26. The van der Waals surface area contributed by atoms with Gasteiger partial charge in [0.05, 0.1) is 22.8 Å². The Morgan fingerprint density at radius 3 is 1.91 bits per heavy atom. The van der Waals surface area contributed by atoms with Crippen LogP contribution in [0.2, 0.25) is 0 Å². The molecule has 1 fully saturated rings. The molecule has 0 amide bonds. The van der Waals surface area contributed by atoms with Crippen LogP contribution in [-0.2, 0) is 4.57 Å². The van der Waals surface area contributed by atoms with Crippen LogP contribution in [-0.4, -0.2) is 16.4 Å². The number of benzene rings is 3.